The number of benzene rings is 2. The summed E-state index contributed by atoms with van der Waals surface area (Å²) >= 11 is 0. The van der Waals surface area contributed by atoms with E-state index < -0.39 is 5.97 Å². The molecular weight excluding hydrogens is 368 g/mol. The first-order valence-corrected chi connectivity index (χ1v) is 9.68. The number of ether oxygens (including phenoxy) is 2. The first-order chi connectivity index (χ1) is 13.8. The summed E-state index contributed by atoms with van der Waals surface area (Å²) in [7, 11) is 3.94. The van der Waals surface area contributed by atoms with Crippen LogP contribution < -0.4 is 15.0 Å². The predicted molar refractivity (Wildman–Crippen MR) is 114 cm³/mol. The normalized spacial score (nSPS) is 10.6. The number of aryl methyl sites for hydroxylation is 1. The first kappa shape index (κ1) is 22.3. The zero-order chi connectivity index (χ0) is 21.4. The molecule has 0 heterocycles. The van der Waals surface area contributed by atoms with Gasteiger partial charge in [0.2, 0.25) is 0 Å². The largest absolute Gasteiger partial charge is 0.482 e. The minimum Gasteiger partial charge on any atom is -0.482 e. The Morgan fingerprint density at radius 3 is 2.31 bits per heavy atom. The summed E-state index contributed by atoms with van der Waals surface area (Å²) in [6.45, 7) is 6.08. The molecule has 6 heteroatoms. The Balaban J connectivity index is 1.70. The van der Waals surface area contributed by atoms with Gasteiger partial charge in [0.1, 0.15) is 5.75 Å². The fraction of sp³-hybridized carbons (Fsp3) is 0.391. The van der Waals surface area contributed by atoms with Gasteiger partial charge >= 0.3 is 5.97 Å². The monoisotopic (exact) mass is 398 g/mol. The maximum atomic E-state index is 11.9. The summed E-state index contributed by atoms with van der Waals surface area (Å²) in [4.78, 5) is 25.7. The Kier molecular flexibility index (Phi) is 8.07. The number of hydrogen-bond acceptors (Lipinski definition) is 5. The minimum absolute atomic E-state index is 0.236. The van der Waals surface area contributed by atoms with Crippen molar-refractivity contribution in [3.63, 3.8) is 0 Å². The Bertz CT molecular complexity index is 829. The lowest BCUT2D eigenvalue weighted by molar-refractivity contribution is -0.150. The molecule has 29 heavy (non-hydrogen) atoms. The topological polar surface area (TPSA) is 67.9 Å². The Morgan fingerprint density at radius 2 is 1.72 bits per heavy atom. The van der Waals surface area contributed by atoms with Crippen LogP contribution in [-0.2, 0) is 20.9 Å². The Morgan fingerprint density at radius 1 is 1.03 bits per heavy atom. The average Bonchev–Trinajstić information content (AvgIpc) is 2.69. The predicted octanol–water partition coefficient (Wildman–Crippen LogP) is 3.42. The lowest BCUT2D eigenvalue weighted by atomic mass is 9.98. The van der Waals surface area contributed by atoms with Crippen molar-refractivity contribution in [3.05, 3.63) is 59.2 Å². The molecule has 0 unspecified atom stereocenters. The van der Waals surface area contributed by atoms with Gasteiger partial charge in [-0.05, 0) is 53.8 Å². The van der Waals surface area contributed by atoms with Gasteiger partial charge in [0.05, 0.1) is 0 Å². The molecule has 1 N–H and O–H groups in total. The molecule has 0 radical (unpaired) electrons. The van der Waals surface area contributed by atoms with Gasteiger partial charge < -0.3 is 19.7 Å². The van der Waals surface area contributed by atoms with E-state index in [-0.39, 0.29) is 19.1 Å². The number of amides is 1. The second-order valence-electron chi connectivity index (χ2n) is 7.46. The number of esters is 1. The molecule has 0 aromatic heterocycles. The molecule has 2 aromatic carbocycles. The van der Waals surface area contributed by atoms with Crippen molar-refractivity contribution in [3.8, 4) is 5.75 Å². The van der Waals surface area contributed by atoms with E-state index in [0.29, 0.717) is 18.2 Å². The lowest BCUT2D eigenvalue weighted by Gasteiger charge is -2.13. The molecule has 156 valence electrons. The molecule has 0 aliphatic heterocycles. The first-order valence-electron chi connectivity index (χ1n) is 9.68. The summed E-state index contributed by atoms with van der Waals surface area (Å²) in [5.74, 6) is 0.0983. The molecule has 0 aliphatic carbocycles. The average molecular weight is 399 g/mol. The molecular formula is C23H30N2O4. The molecule has 0 saturated heterocycles. The van der Waals surface area contributed by atoms with Crippen molar-refractivity contribution >= 4 is 17.6 Å². The highest BCUT2D eigenvalue weighted by Crippen LogP contribution is 2.23. The van der Waals surface area contributed by atoms with Crippen LogP contribution >= 0.6 is 0 Å². The van der Waals surface area contributed by atoms with Crippen LogP contribution in [0, 0.1) is 6.92 Å². The Labute approximate surface area is 172 Å². The highest BCUT2D eigenvalue weighted by atomic mass is 16.6. The molecule has 2 rings (SSSR count). The van der Waals surface area contributed by atoms with Gasteiger partial charge in [-0.3, -0.25) is 4.79 Å². The van der Waals surface area contributed by atoms with E-state index in [1.54, 1.807) is 0 Å². The number of nitrogens with one attached hydrogen (secondary N) is 1. The summed E-state index contributed by atoms with van der Waals surface area (Å²) in [6.07, 6.45) is 0. The number of carbonyl (C=O) groups excluding carboxylic acids is 2. The molecule has 0 saturated carbocycles. The van der Waals surface area contributed by atoms with Crippen molar-refractivity contribution in [1.29, 1.82) is 0 Å². The van der Waals surface area contributed by atoms with Gasteiger partial charge in [-0.15, -0.1) is 0 Å². The molecule has 0 fully saturated rings. The highest BCUT2D eigenvalue weighted by Gasteiger charge is 2.10. The standard InChI is InChI=1S/C23H30N2O4/c1-16(2)21-11-10-20(12-17(21)3)28-15-23(27)29-14-22(26)24-13-18-6-8-19(9-7-18)25(4)5/h6-12,16H,13-15H2,1-5H3,(H,24,26). The van der Waals surface area contributed by atoms with E-state index >= 15 is 0 Å². The van der Waals surface area contributed by atoms with E-state index in [0.717, 1.165) is 16.8 Å². The third-order valence-corrected chi connectivity index (χ3v) is 4.53. The van der Waals surface area contributed by atoms with Gasteiger partial charge in [-0.2, -0.15) is 0 Å². The highest BCUT2D eigenvalue weighted by molar-refractivity contribution is 5.80. The Hall–Kier alpha value is -3.02. The zero-order valence-electron chi connectivity index (χ0n) is 17.8. The molecule has 0 atom stereocenters. The zero-order valence-corrected chi connectivity index (χ0v) is 17.8. The summed E-state index contributed by atoms with van der Waals surface area (Å²) in [5, 5.41) is 2.73. The van der Waals surface area contributed by atoms with Gasteiger partial charge in [0, 0.05) is 26.3 Å². The van der Waals surface area contributed by atoms with Gasteiger partial charge in [0.15, 0.2) is 13.2 Å². The quantitative estimate of drug-likeness (QED) is 0.656. The van der Waals surface area contributed by atoms with Gasteiger partial charge in [-0.25, -0.2) is 4.79 Å². The van der Waals surface area contributed by atoms with Crippen LogP contribution in [0.25, 0.3) is 0 Å². The van der Waals surface area contributed by atoms with Crippen LogP contribution in [0.15, 0.2) is 42.5 Å². The van der Waals surface area contributed by atoms with Crippen molar-refractivity contribution in [2.75, 3.05) is 32.2 Å². The molecule has 2 aromatic rings. The van der Waals surface area contributed by atoms with Crippen LogP contribution in [0.2, 0.25) is 0 Å². The van der Waals surface area contributed by atoms with Crippen molar-refractivity contribution in [1.82, 2.24) is 5.32 Å². The number of nitrogens with zero attached hydrogens (tertiary/aromatic N) is 1. The third-order valence-electron chi connectivity index (χ3n) is 4.53. The second kappa shape index (κ2) is 10.5. The van der Waals surface area contributed by atoms with E-state index in [1.807, 2.05) is 68.4 Å². The number of hydrogen-bond donors (Lipinski definition) is 1. The number of carbonyl (C=O) groups is 2. The second-order valence-corrected chi connectivity index (χ2v) is 7.46. The van der Waals surface area contributed by atoms with E-state index in [1.165, 1.54) is 5.56 Å². The minimum atomic E-state index is -0.582. The third kappa shape index (κ3) is 7.14. The molecule has 0 bridgehead atoms. The fourth-order valence-corrected chi connectivity index (χ4v) is 2.88. The molecule has 6 nitrogen and oxygen atoms in total. The molecule has 1 amide bonds. The van der Waals surface area contributed by atoms with Crippen LogP contribution in [0.3, 0.4) is 0 Å². The van der Waals surface area contributed by atoms with E-state index in [4.69, 9.17) is 9.47 Å². The van der Waals surface area contributed by atoms with Crippen LogP contribution in [0.5, 0.6) is 5.75 Å². The lowest BCUT2D eigenvalue weighted by Crippen LogP contribution is -2.29. The maximum Gasteiger partial charge on any atom is 0.344 e. The molecule has 0 aliphatic rings. The van der Waals surface area contributed by atoms with Crippen molar-refractivity contribution in [2.24, 2.45) is 0 Å². The fourth-order valence-electron chi connectivity index (χ4n) is 2.88. The van der Waals surface area contributed by atoms with E-state index in [2.05, 4.69) is 19.2 Å². The summed E-state index contributed by atoms with van der Waals surface area (Å²) < 4.78 is 10.4. The smallest absolute Gasteiger partial charge is 0.344 e. The van der Waals surface area contributed by atoms with E-state index in [9.17, 15) is 9.59 Å². The molecule has 0 spiro atoms. The van der Waals surface area contributed by atoms with Gasteiger partial charge in [-0.1, -0.05) is 32.0 Å². The number of anilines is 1. The van der Waals surface area contributed by atoms with Crippen molar-refractivity contribution < 1.29 is 19.1 Å². The SMILES string of the molecule is Cc1cc(OCC(=O)OCC(=O)NCc2ccc(N(C)C)cc2)ccc1C(C)C. The van der Waals surface area contributed by atoms with Crippen molar-refractivity contribution in [2.45, 2.75) is 33.2 Å². The van der Waals surface area contributed by atoms with Crippen LogP contribution in [0.1, 0.15) is 36.5 Å². The van der Waals surface area contributed by atoms with Crippen LogP contribution in [-0.4, -0.2) is 39.2 Å². The summed E-state index contributed by atoms with van der Waals surface area (Å²) in [6, 6.07) is 13.6. The number of rotatable bonds is 9. The maximum absolute atomic E-state index is 11.9. The summed E-state index contributed by atoms with van der Waals surface area (Å²) in [5.41, 5.74) is 4.42. The van der Waals surface area contributed by atoms with Gasteiger partial charge in [0.25, 0.3) is 5.91 Å². The van der Waals surface area contributed by atoms with Crippen LogP contribution in [0.4, 0.5) is 5.69 Å².